The van der Waals surface area contributed by atoms with Crippen molar-refractivity contribution < 1.29 is 18.5 Å². The molecule has 138 valence electrons. The number of carbonyl (C=O) groups is 2. The van der Waals surface area contributed by atoms with Gasteiger partial charge in [-0.2, -0.15) is 0 Å². The standard InChI is InChI=1S/C20H23NO4S/c1-5-26(24)18-9-7-6-8-16(18)20(23)25-15(4)19(22)21-17-11-10-13(2)12-14(17)3/h6-12,15H,5H2,1-4H3,(H,21,22)/t15-,26+/m0/s1. The van der Waals surface area contributed by atoms with E-state index >= 15 is 0 Å². The van der Waals surface area contributed by atoms with E-state index in [9.17, 15) is 13.8 Å². The van der Waals surface area contributed by atoms with Crippen LogP contribution in [0, 0.1) is 13.8 Å². The van der Waals surface area contributed by atoms with Crippen LogP contribution < -0.4 is 5.32 Å². The molecule has 0 unspecified atom stereocenters. The van der Waals surface area contributed by atoms with Crippen molar-refractivity contribution in [2.24, 2.45) is 0 Å². The van der Waals surface area contributed by atoms with Crippen molar-refractivity contribution in [1.29, 1.82) is 0 Å². The molecule has 0 aromatic heterocycles. The Morgan fingerprint density at radius 3 is 2.50 bits per heavy atom. The Bertz CT molecular complexity index is 847. The number of hydrogen-bond donors (Lipinski definition) is 1. The minimum absolute atomic E-state index is 0.221. The van der Waals surface area contributed by atoms with Gasteiger partial charge in [0.15, 0.2) is 6.10 Å². The largest absolute Gasteiger partial charge is 0.449 e. The first-order valence-corrected chi connectivity index (χ1v) is 9.71. The van der Waals surface area contributed by atoms with E-state index in [1.54, 1.807) is 31.2 Å². The number of benzene rings is 2. The molecule has 2 aromatic carbocycles. The number of aryl methyl sites for hydroxylation is 2. The number of ether oxygens (including phenoxy) is 1. The van der Waals surface area contributed by atoms with Gasteiger partial charge in [-0.1, -0.05) is 36.8 Å². The van der Waals surface area contributed by atoms with Crippen LogP contribution in [0.5, 0.6) is 0 Å². The first-order valence-electron chi connectivity index (χ1n) is 8.40. The highest BCUT2D eigenvalue weighted by Crippen LogP contribution is 2.18. The number of rotatable bonds is 6. The van der Waals surface area contributed by atoms with E-state index in [0.29, 0.717) is 16.3 Å². The van der Waals surface area contributed by atoms with Gasteiger partial charge < -0.3 is 10.1 Å². The zero-order chi connectivity index (χ0) is 19.3. The summed E-state index contributed by atoms with van der Waals surface area (Å²) in [6.45, 7) is 7.16. The first kappa shape index (κ1) is 19.8. The van der Waals surface area contributed by atoms with Crippen molar-refractivity contribution in [2.45, 2.75) is 38.7 Å². The van der Waals surface area contributed by atoms with Gasteiger partial charge in [-0.25, -0.2) is 4.79 Å². The molecule has 0 aliphatic rings. The summed E-state index contributed by atoms with van der Waals surface area (Å²) in [6, 6.07) is 12.3. The molecular weight excluding hydrogens is 350 g/mol. The number of nitrogens with one attached hydrogen (secondary N) is 1. The van der Waals surface area contributed by atoms with Crippen molar-refractivity contribution >= 4 is 28.4 Å². The summed E-state index contributed by atoms with van der Waals surface area (Å²) in [7, 11) is -1.29. The van der Waals surface area contributed by atoms with Crippen LogP contribution in [-0.4, -0.2) is 27.9 Å². The second-order valence-electron chi connectivity index (χ2n) is 5.99. The summed E-state index contributed by atoms with van der Waals surface area (Å²) < 4.78 is 17.4. The average molecular weight is 373 g/mol. The van der Waals surface area contributed by atoms with Crippen LogP contribution in [0.4, 0.5) is 5.69 Å². The Balaban J connectivity index is 2.09. The van der Waals surface area contributed by atoms with Gasteiger partial charge in [0.1, 0.15) is 0 Å². The number of amides is 1. The van der Waals surface area contributed by atoms with Crippen molar-refractivity contribution in [1.82, 2.24) is 0 Å². The van der Waals surface area contributed by atoms with Gasteiger partial charge in [-0.3, -0.25) is 9.00 Å². The minimum atomic E-state index is -1.29. The topological polar surface area (TPSA) is 72.5 Å². The summed E-state index contributed by atoms with van der Waals surface area (Å²) in [5.74, 6) is -0.683. The van der Waals surface area contributed by atoms with E-state index < -0.39 is 28.8 Å². The van der Waals surface area contributed by atoms with E-state index in [2.05, 4.69) is 5.32 Å². The lowest BCUT2D eigenvalue weighted by molar-refractivity contribution is -0.123. The van der Waals surface area contributed by atoms with Crippen molar-refractivity contribution in [3.63, 3.8) is 0 Å². The molecule has 0 fully saturated rings. The molecule has 1 amide bonds. The molecule has 0 saturated heterocycles. The van der Waals surface area contributed by atoms with Gasteiger partial charge in [-0.15, -0.1) is 0 Å². The third kappa shape index (κ3) is 4.79. The first-order chi connectivity index (χ1) is 12.3. The van der Waals surface area contributed by atoms with Gasteiger partial charge >= 0.3 is 5.97 Å². The number of anilines is 1. The van der Waals surface area contributed by atoms with Crippen LogP contribution in [0.3, 0.4) is 0 Å². The molecule has 0 bridgehead atoms. The molecule has 0 saturated carbocycles. The van der Waals surface area contributed by atoms with E-state index in [-0.39, 0.29) is 5.56 Å². The van der Waals surface area contributed by atoms with Gasteiger partial charge in [0.05, 0.1) is 21.3 Å². The van der Waals surface area contributed by atoms with Gasteiger partial charge in [0.25, 0.3) is 5.91 Å². The van der Waals surface area contributed by atoms with E-state index in [1.165, 1.54) is 6.92 Å². The molecule has 2 rings (SSSR count). The normalized spacial score (nSPS) is 12.9. The molecule has 5 nitrogen and oxygen atoms in total. The summed E-state index contributed by atoms with van der Waals surface area (Å²) in [4.78, 5) is 25.2. The fraction of sp³-hybridized carbons (Fsp3) is 0.300. The Labute approximate surface area is 156 Å². The van der Waals surface area contributed by atoms with Crippen LogP contribution in [-0.2, 0) is 20.3 Å². The van der Waals surface area contributed by atoms with Crippen LogP contribution in [0.15, 0.2) is 47.4 Å². The molecule has 0 radical (unpaired) electrons. The van der Waals surface area contributed by atoms with Crippen molar-refractivity contribution in [3.05, 3.63) is 59.2 Å². The molecule has 0 heterocycles. The predicted octanol–water partition coefficient (Wildman–Crippen LogP) is 3.61. The lowest BCUT2D eigenvalue weighted by Crippen LogP contribution is -2.30. The highest BCUT2D eigenvalue weighted by molar-refractivity contribution is 7.85. The molecule has 2 aromatic rings. The van der Waals surface area contributed by atoms with Gasteiger partial charge in [-0.05, 0) is 44.5 Å². The quantitative estimate of drug-likeness (QED) is 0.785. The Hall–Kier alpha value is -2.47. The van der Waals surface area contributed by atoms with Gasteiger partial charge in [0.2, 0.25) is 0 Å². The van der Waals surface area contributed by atoms with Crippen LogP contribution in [0.1, 0.15) is 35.3 Å². The van der Waals surface area contributed by atoms with Crippen LogP contribution in [0.2, 0.25) is 0 Å². The summed E-state index contributed by atoms with van der Waals surface area (Å²) in [5.41, 5.74) is 2.93. The lowest BCUT2D eigenvalue weighted by Gasteiger charge is -2.16. The molecule has 26 heavy (non-hydrogen) atoms. The molecule has 0 spiro atoms. The average Bonchev–Trinajstić information content (AvgIpc) is 2.63. The second kappa shape index (κ2) is 8.76. The molecule has 2 atom stereocenters. The van der Waals surface area contributed by atoms with E-state index in [0.717, 1.165) is 11.1 Å². The number of hydrogen-bond acceptors (Lipinski definition) is 4. The Morgan fingerprint density at radius 1 is 1.15 bits per heavy atom. The Morgan fingerprint density at radius 2 is 1.85 bits per heavy atom. The summed E-state index contributed by atoms with van der Waals surface area (Å²) in [6.07, 6.45) is -0.980. The summed E-state index contributed by atoms with van der Waals surface area (Å²) >= 11 is 0. The summed E-state index contributed by atoms with van der Waals surface area (Å²) in [5, 5.41) is 2.77. The fourth-order valence-electron chi connectivity index (χ4n) is 2.46. The van der Waals surface area contributed by atoms with Gasteiger partial charge in [0, 0.05) is 11.4 Å². The van der Waals surface area contributed by atoms with E-state index in [1.807, 2.05) is 32.0 Å². The highest BCUT2D eigenvalue weighted by Gasteiger charge is 2.22. The maximum absolute atomic E-state index is 12.4. The third-order valence-corrected chi connectivity index (χ3v) is 5.28. The monoisotopic (exact) mass is 373 g/mol. The van der Waals surface area contributed by atoms with Crippen LogP contribution in [0.25, 0.3) is 0 Å². The zero-order valence-electron chi connectivity index (χ0n) is 15.4. The van der Waals surface area contributed by atoms with E-state index in [4.69, 9.17) is 4.74 Å². The number of esters is 1. The Kier molecular flexibility index (Phi) is 6.69. The van der Waals surface area contributed by atoms with Crippen LogP contribution >= 0.6 is 0 Å². The minimum Gasteiger partial charge on any atom is -0.449 e. The smallest absolute Gasteiger partial charge is 0.340 e. The maximum atomic E-state index is 12.4. The second-order valence-corrected chi connectivity index (χ2v) is 7.69. The molecule has 0 aliphatic heterocycles. The fourth-order valence-corrected chi connectivity index (χ4v) is 3.39. The van der Waals surface area contributed by atoms with Crippen molar-refractivity contribution in [2.75, 3.05) is 11.1 Å². The zero-order valence-corrected chi connectivity index (χ0v) is 16.2. The number of carbonyl (C=O) groups excluding carboxylic acids is 2. The van der Waals surface area contributed by atoms with Crippen molar-refractivity contribution in [3.8, 4) is 0 Å². The molecule has 1 N–H and O–H groups in total. The predicted molar refractivity (Wildman–Crippen MR) is 103 cm³/mol. The lowest BCUT2D eigenvalue weighted by atomic mass is 10.1. The molecular formula is C20H23NO4S. The maximum Gasteiger partial charge on any atom is 0.340 e. The third-order valence-electron chi connectivity index (χ3n) is 3.91. The SMILES string of the molecule is CC[S@@](=O)c1ccccc1C(=O)O[C@@H](C)C(=O)Nc1ccc(C)cc1C. The highest BCUT2D eigenvalue weighted by atomic mass is 32.2. The molecule has 6 heteroatoms. The molecule has 0 aliphatic carbocycles.